The van der Waals surface area contributed by atoms with Gasteiger partial charge < -0.3 is 10.2 Å². The highest BCUT2D eigenvalue weighted by molar-refractivity contribution is 5.26. The zero-order valence-electron chi connectivity index (χ0n) is 9.76. The predicted molar refractivity (Wildman–Crippen MR) is 64.6 cm³/mol. The van der Waals surface area contributed by atoms with Crippen LogP contribution in [0.15, 0.2) is 18.5 Å². The summed E-state index contributed by atoms with van der Waals surface area (Å²) >= 11 is 0. The summed E-state index contributed by atoms with van der Waals surface area (Å²) in [5.74, 6) is 0.803. The molecule has 1 aliphatic heterocycles. The lowest BCUT2D eigenvalue weighted by molar-refractivity contribution is 0.246. The maximum atomic E-state index is 4.23. The first-order valence-electron chi connectivity index (χ1n) is 5.77. The van der Waals surface area contributed by atoms with Crippen molar-refractivity contribution in [3.63, 3.8) is 0 Å². The Morgan fingerprint density at radius 1 is 1.31 bits per heavy atom. The van der Waals surface area contributed by atoms with Gasteiger partial charge >= 0.3 is 0 Å². The van der Waals surface area contributed by atoms with Crippen molar-refractivity contribution in [2.75, 3.05) is 51.2 Å². The maximum Gasteiger partial charge on any atom is 0.225 e. The molecule has 0 spiro atoms. The summed E-state index contributed by atoms with van der Waals surface area (Å²) in [5, 5.41) is 3.35. The molecule has 1 N–H and O–H groups in total. The summed E-state index contributed by atoms with van der Waals surface area (Å²) < 4.78 is 0. The van der Waals surface area contributed by atoms with Crippen LogP contribution < -0.4 is 10.2 Å². The van der Waals surface area contributed by atoms with Crippen molar-refractivity contribution in [3.05, 3.63) is 18.5 Å². The third-order valence-electron chi connectivity index (χ3n) is 2.85. The zero-order chi connectivity index (χ0) is 11.2. The fraction of sp³-hybridized carbons (Fsp3) is 0.636. The molecule has 0 radical (unpaired) electrons. The van der Waals surface area contributed by atoms with E-state index in [0.29, 0.717) is 0 Å². The molecule has 0 amide bonds. The van der Waals surface area contributed by atoms with E-state index in [1.807, 2.05) is 13.1 Å². The highest BCUT2D eigenvalue weighted by atomic mass is 15.3. The van der Waals surface area contributed by atoms with Crippen LogP contribution in [-0.4, -0.2) is 61.2 Å². The lowest BCUT2D eigenvalue weighted by atomic mass is 10.3. The SMILES string of the molecule is CN(CCN1CCNCC1)c1ncccn1. The van der Waals surface area contributed by atoms with Crippen LogP contribution >= 0.6 is 0 Å². The van der Waals surface area contributed by atoms with Crippen molar-refractivity contribution in [1.29, 1.82) is 0 Å². The summed E-state index contributed by atoms with van der Waals surface area (Å²) in [4.78, 5) is 13.0. The predicted octanol–water partition coefficient (Wildman–Crippen LogP) is -0.182. The highest BCUT2D eigenvalue weighted by Crippen LogP contribution is 2.02. The van der Waals surface area contributed by atoms with Crippen molar-refractivity contribution in [3.8, 4) is 0 Å². The molecule has 2 rings (SSSR count). The van der Waals surface area contributed by atoms with Gasteiger partial charge in [0.15, 0.2) is 0 Å². The lowest BCUT2D eigenvalue weighted by Crippen LogP contribution is -2.46. The molecular formula is C11H19N5. The summed E-state index contributed by atoms with van der Waals surface area (Å²) in [5.41, 5.74) is 0. The van der Waals surface area contributed by atoms with E-state index in [4.69, 9.17) is 0 Å². The van der Waals surface area contributed by atoms with Crippen molar-refractivity contribution < 1.29 is 0 Å². The van der Waals surface area contributed by atoms with Gasteiger partial charge in [-0.3, -0.25) is 4.90 Å². The minimum absolute atomic E-state index is 0.803. The molecule has 1 aliphatic rings. The number of hydrogen-bond donors (Lipinski definition) is 1. The van der Waals surface area contributed by atoms with Gasteiger partial charge in [0.2, 0.25) is 5.95 Å². The molecule has 2 heterocycles. The van der Waals surface area contributed by atoms with Gasteiger partial charge in [-0.2, -0.15) is 0 Å². The highest BCUT2D eigenvalue weighted by Gasteiger charge is 2.10. The largest absolute Gasteiger partial charge is 0.343 e. The number of hydrogen-bond acceptors (Lipinski definition) is 5. The van der Waals surface area contributed by atoms with Gasteiger partial charge in [-0.1, -0.05) is 0 Å². The van der Waals surface area contributed by atoms with E-state index in [0.717, 1.165) is 45.2 Å². The number of nitrogens with zero attached hydrogens (tertiary/aromatic N) is 4. The van der Waals surface area contributed by atoms with Crippen molar-refractivity contribution in [1.82, 2.24) is 20.2 Å². The summed E-state index contributed by atoms with van der Waals surface area (Å²) in [7, 11) is 2.04. The molecule has 1 saturated heterocycles. The first kappa shape index (κ1) is 11.3. The van der Waals surface area contributed by atoms with Crippen LogP contribution in [-0.2, 0) is 0 Å². The number of nitrogens with one attached hydrogen (secondary N) is 1. The maximum absolute atomic E-state index is 4.23. The zero-order valence-corrected chi connectivity index (χ0v) is 9.76. The van der Waals surface area contributed by atoms with E-state index >= 15 is 0 Å². The summed E-state index contributed by atoms with van der Waals surface area (Å²) in [6, 6.07) is 1.84. The van der Waals surface area contributed by atoms with E-state index in [-0.39, 0.29) is 0 Å². The Hall–Kier alpha value is -1.20. The topological polar surface area (TPSA) is 44.3 Å². The average molecular weight is 221 g/mol. The van der Waals surface area contributed by atoms with Crippen LogP contribution in [0.3, 0.4) is 0 Å². The second kappa shape index (κ2) is 5.77. The number of likely N-dealkylation sites (N-methyl/N-ethyl adjacent to an activating group) is 1. The first-order chi connectivity index (χ1) is 7.86. The number of piperazine rings is 1. The molecule has 1 fully saturated rings. The molecule has 0 aromatic carbocycles. The summed E-state index contributed by atoms with van der Waals surface area (Å²) in [6.45, 7) is 6.55. The first-order valence-corrected chi connectivity index (χ1v) is 5.77. The van der Waals surface area contributed by atoms with Crippen LogP contribution in [0.2, 0.25) is 0 Å². The average Bonchev–Trinajstić information content (AvgIpc) is 2.38. The second-order valence-corrected chi connectivity index (χ2v) is 4.06. The fourth-order valence-corrected chi connectivity index (χ4v) is 1.81. The van der Waals surface area contributed by atoms with Gasteiger partial charge in [0.1, 0.15) is 0 Å². The van der Waals surface area contributed by atoms with Crippen LogP contribution in [0.5, 0.6) is 0 Å². The van der Waals surface area contributed by atoms with E-state index in [1.165, 1.54) is 0 Å². The fourth-order valence-electron chi connectivity index (χ4n) is 1.81. The van der Waals surface area contributed by atoms with Crippen molar-refractivity contribution in [2.24, 2.45) is 0 Å². The quantitative estimate of drug-likeness (QED) is 0.764. The van der Waals surface area contributed by atoms with Gasteiger partial charge in [-0.15, -0.1) is 0 Å². The van der Waals surface area contributed by atoms with E-state index < -0.39 is 0 Å². The van der Waals surface area contributed by atoms with Gasteiger partial charge in [-0.25, -0.2) is 9.97 Å². The van der Waals surface area contributed by atoms with Crippen LogP contribution in [0.1, 0.15) is 0 Å². The Balaban J connectivity index is 1.77. The minimum atomic E-state index is 0.803. The molecule has 0 atom stereocenters. The molecule has 0 saturated carbocycles. The molecular weight excluding hydrogens is 202 g/mol. The molecule has 5 nitrogen and oxygen atoms in total. The van der Waals surface area contributed by atoms with Crippen LogP contribution in [0.25, 0.3) is 0 Å². The number of aromatic nitrogens is 2. The Bertz CT molecular complexity index is 297. The van der Waals surface area contributed by atoms with Gasteiger partial charge in [0.25, 0.3) is 0 Å². The van der Waals surface area contributed by atoms with Crippen molar-refractivity contribution in [2.45, 2.75) is 0 Å². The molecule has 16 heavy (non-hydrogen) atoms. The monoisotopic (exact) mass is 221 g/mol. The Morgan fingerprint density at radius 3 is 2.69 bits per heavy atom. The second-order valence-electron chi connectivity index (χ2n) is 4.06. The smallest absolute Gasteiger partial charge is 0.225 e. The van der Waals surface area contributed by atoms with Crippen molar-refractivity contribution >= 4 is 5.95 Å². The normalized spacial score (nSPS) is 17.3. The van der Waals surface area contributed by atoms with E-state index in [2.05, 4.69) is 25.1 Å². The van der Waals surface area contributed by atoms with E-state index in [9.17, 15) is 0 Å². The van der Waals surface area contributed by atoms with Gasteiger partial charge in [0, 0.05) is 58.7 Å². The number of anilines is 1. The Morgan fingerprint density at radius 2 is 2.00 bits per heavy atom. The Kier molecular flexibility index (Phi) is 4.07. The molecule has 88 valence electrons. The molecule has 5 heteroatoms. The van der Waals surface area contributed by atoms with Gasteiger partial charge in [0.05, 0.1) is 0 Å². The summed E-state index contributed by atoms with van der Waals surface area (Å²) in [6.07, 6.45) is 3.56. The van der Waals surface area contributed by atoms with Gasteiger partial charge in [-0.05, 0) is 6.07 Å². The van der Waals surface area contributed by atoms with E-state index in [1.54, 1.807) is 12.4 Å². The Labute approximate surface area is 96.5 Å². The van der Waals surface area contributed by atoms with Crippen LogP contribution in [0, 0.1) is 0 Å². The van der Waals surface area contributed by atoms with Crippen LogP contribution in [0.4, 0.5) is 5.95 Å². The molecule has 1 aromatic heterocycles. The lowest BCUT2D eigenvalue weighted by Gasteiger charge is -2.29. The standard InChI is InChI=1S/C11H19N5/c1-15(11-13-3-2-4-14-11)9-10-16-7-5-12-6-8-16/h2-4,12H,5-10H2,1H3. The third-order valence-corrected chi connectivity index (χ3v) is 2.85. The molecule has 0 bridgehead atoms. The molecule has 0 unspecified atom stereocenters. The molecule has 0 aliphatic carbocycles. The number of rotatable bonds is 4. The minimum Gasteiger partial charge on any atom is -0.343 e. The third kappa shape index (κ3) is 3.15. The molecule has 1 aromatic rings.